The number of rotatable bonds is 9. The number of carbonyl (C=O) groups excluding carboxylic acids is 2. The van der Waals surface area contributed by atoms with Gasteiger partial charge < -0.3 is 14.2 Å². The first kappa shape index (κ1) is 22.6. The average Bonchev–Trinajstić information content (AvgIpc) is 2.71. The summed E-state index contributed by atoms with van der Waals surface area (Å²) in [7, 11) is 1.56. The number of hydrogen-bond acceptors (Lipinski definition) is 7. The number of esters is 2. The molecule has 1 aliphatic rings. The van der Waals surface area contributed by atoms with Gasteiger partial charge in [0.2, 0.25) is 0 Å². The molecule has 1 aromatic carbocycles. The molecular weight excluding hydrogens is 430 g/mol. The van der Waals surface area contributed by atoms with Crippen LogP contribution in [0.5, 0.6) is 0 Å². The number of hydroxylamine groups is 1. The monoisotopic (exact) mass is 457 g/mol. The molecule has 1 heterocycles. The van der Waals surface area contributed by atoms with Crippen LogP contribution in [-0.2, 0) is 28.6 Å². The summed E-state index contributed by atoms with van der Waals surface area (Å²) in [6.07, 6.45) is 1.95. The maximum absolute atomic E-state index is 12.7. The van der Waals surface area contributed by atoms with Crippen LogP contribution in [-0.4, -0.2) is 44.6 Å². The molecule has 0 radical (unpaired) electrons. The van der Waals surface area contributed by atoms with E-state index in [2.05, 4.69) is 15.9 Å². The zero-order valence-corrected chi connectivity index (χ0v) is 18.1. The SMILES string of the molecule is CCCOC(=O)C(C(=O)OCCC)[C@H]1CC[C@H](OC)ON1c1ccc(Br)cc1. The summed E-state index contributed by atoms with van der Waals surface area (Å²) in [4.78, 5) is 31.4. The minimum Gasteiger partial charge on any atom is -0.465 e. The first-order valence-corrected chi connectivity index (χ1v) is 10.4. The van der Waals surface area contributed by atoms with Crippen LogP contribution in [0.25, 0.3) is 0 Å². The molecule has 0 aliphatic carbocycles. The fraction of sp³-hybridized carbons (Fsp3) is 0.600. The number of ether oxygens (including phenoxy) is 3. The molecule has 8 heteroatoms. The predicted octanol–water partition coefficient (Wildman–Crippen LogP) is 3.84. The van der Waals surface area contributed by atoms with Crippen molar-refractivity contribution >= 4 is 33.6 Å². The lowest BCUT2D eigenvalue weighted by Crippen LogP contribution is -2.53. The zero-order valence-electron chi connectivity index (χ0n) is 16.6. The fourth-order valence-electron chi connectivity index (χ4n) is 2.98. The van der Waals surface area contributed by atoms with Crippen LogP contribution < -0.4 is 5.06 Å². The molecule has 0 amide bonds. The van der Waals surface area contributed by atoms with E-state index in [0.29, 0.717) is 31.4 Å². The van der Waals surface area contributed by atoms with Gasteiger partial charge in [0.05, 0.1) is 24.9 Å². The fourth-order valence-corrected chi connectivity index (χ4v) is 3.24. The van der Waals surface area contributed by atoms with Gasteiger partial charge in [-0.3, -0.25) is 9.59 Å². The van der Waals surface area contributed by atoms with E-state index in [1.54, 1.807) is 12.2 Å². The van der Waals surface area contributed by atoms with E-state index in [1.165, 1.54) is 0 Å². The smallest absolute Gasteiger partial charge is 0.322 e. The summed E-state index contributed by atoms with van der Waals surface area (Å²) in [5, 5.41) is 1.58. The van der Waals surface area contributed by atoms with Crippen LogP contribution in [0.4, 0.5) is 5.69 Å². The molecule has 7 nitrogen and oxygen atoms in total. The maximum Gasteiger partial charge on any atom is 0.322 e. The van der Waals surface area contributed by atoms with Crippen LogP contribution in [0, 0.1) is 5.92 Å². The second kappa shape index (κ2) is 11.4. The lowest BCUT2D eigenvalue weighted by molar-refractivity contribution is -0.183. The van der Waals surface area contributed by atoms with E-state index in [0.717, 1.165) is 4.47 Å². The third-order valence-corrected chi connectivity index (χ3v) is 4.89. The number of halogens is 1. The van der Waals surface area contributed by atoms with Gasteiger partial charge in [0.25, 0.3) is 0 Å². The van der Waals surface area contributed by atoms with E-state index < -0.39 is 30.2 Å². The van der Waals surface area contributed by atoms with Crippen molar-refractivity contribution in [3.05, 3.63) is 28.7 Å². The Balaban J connectivity index is 2.33. The van der Waals surface area contributed by atoms with Crippen molar-refractivity contribution in [1.82, 2.24) is 0 Å². The van der Waals surface area contributed by atoms with Crippen molar-refractivity contribution in [2.45, 2.75) is 51.9 Å². The Morgan fingerprint density at radius 2 is 1.68 bits per heavy atom. The number of nitrogens with zero attached hydrogens (tertiary/aromatic N) is 1. The van der Waals surface area contributed by atoms with Crippen LogP contribution in [0.3, 0.4) is 0 Å². The normalized spacial score (nSPS) is 19.5. The molecule has 156 valence electrons. The highest BCUT2D eigenvalue weighted by molar-refractivity contribution is 9.10. The highest BCUT2D eigenvalue weighted by Gasteiger charge is 2.44. The molecule has 2 rings (SSSR count). The highest BCUT2D eigenvalue weighted by Crippen LogP contribution is 2.33. The Morgan fingerprint density at radius 3 is 2.18 bits per heavy atom. The van der Waals surface area contributed by atoms with Crippen molar-refractivity contribution in [2.75, 3.05) is 25.4 Å². The molecule has 0 N–H and O–H groups in total. The summed E-state index contributed by atoms with van der Waals surface area (Å²) >= 11 is 3.41. The van der Waals surface area contributed by atoms with Gasteiger partial charge in [-0.25, -0.2) is 9.90 Å². The maximum atomic E-state index is 12.7. The Hall–Kier alpha value is -1.64. The molecule has 0 unspecified atom stereocenters. The third kappa shape index (κ3) is 5.93. The van der Waals surface area contributed by atoms with E-state index in [4.69, 9.17) is 19.0 Å². The molecule has 1 saturated heterocycles. The number of hydrogen-bond donors (Lipinski definition) is 0. The van der Waals surface area contributed by atoms with Gasteiger partial charge in [-0.2, -0.15) is 0 Å². The number of benzene rings is 1. The quantitative estimate of drug-likeness (QED) is 0.411. The molecule has 0 spiro atoms. The lowest BCUT2D eigenvalue weighted by Gasteiger charge is -2.41. The standard InChI is InChI=1S/C20H28BrNO6/c1-4-12-26-19(23)18(20(24)27-13-5-2)16-10-11-17(25-3)28-22(16)15-8-6-14(21)7-9-15/h6-9,16-18H,4-5,10-13H2,1-3H3/t16-,17-/m1/s1. The minimum atomic E-state index is -1.10. The van der Waals surface area contributed by atoms with E-state index in [9.17, 15) is 9.59 Å². The van der Waals surface area contributed by atoms with Gasteiger partial charge in [0.1, 0.15) is 0 Å². The molecule has 1 fully saturated rings. The average molecular weight is 458 g/mol. The second-order valence-corrected chi connectivity index (χ2v) is 7.45. The molecule has 1 aromatic rings. The highest BCUT2D eigenvalue weighted by atomic mass is 79.9. The largest absolute Gasteiger partial charge is 0.465 e. The van der Waals surface area contributed by atoms with Crippen molar-refractivity contribution in [2.24, 2.45) is 5.92 Å². The summed E-state index contributed by atoms with van der Waals surface area (Å²) < 4.78 is 16.9. The molecule has 0 saturated carbocycles. The second-order valence-electron chi connectivity index (χ2n) is 6.53. The predicted molar refractivity (Wildman–Crippen MR) is 108 cm³/mol. The van der Waals surface area contributed by atoms with Crippen molar-refractivity contribution < 1.29 is 28.6 Å². The Bertz CT molecular complexity index is 618. The van der Waals surface area contributed by atoms with Gasteiger partial charge in [-0.1, -0.05) is 29.8 Å². The first-order valence-electron chi connectivity index (χ1n) is 9.59. The van der Waals surface area contributed by atoms with Crippen molar-refractivity contribution in [1.29, 1.82) is 0 Å². The van der Waals surface area contributed by atoms with Gasteiger partial charge in [-0.05, 0) is 43.5 Å². The van der Waals surface area contributed by atoms with Gasteiger partial charge in [0.15, 0.2) is 12.2 Å². The third-order valence-electron chi connectivity index (χ3n) is 4.36. The molecule has 1 aliphatic heterocycles. The van der Waals surface area contributed by atoms with Crippen LogP contribution in [0.15, 0.2) is 28.7 Å². The topological polar surface area (TPSA) is 74.3 Å². The summed E-state index contributed by atoms with van der Waals surface area (Å²) in [5.41, 5.74) is 0.714. The Kier molecular flexibility index (Phi) is 9.21. The lowest BCUT2D eigenvalue weighted by atomic mass is 9.93. The summed E-state index contributed by atoms with van der Waals surface area (Å²) in [6.45, 7) is 4.31. The first-order chi connectivity index (χ1) is 13.5. The molecule has 28 heavy (non-hydrogen) atoms. The molecule has 0 bridgehead atoms. The van der Waals surface area contributed by atoms with Crippen molar-refractivity contribution in [3.63, 3.8) is 0 Å². The zero-order chi connectivity index (χ0) is 20.5. The van der Waals surface area contributed by atoms with E-state index in [-0.39, 0.29) is 13.2 Å². The molecular formula is C20H28BrNO6. The van der Waals surface area contributed by atoms with E-state index >= 15 is 0 Å². The number of anilines is 1. The summed E-state index contributed by atoms with van der Waals surface area (Å²) in [6, 6.07) is 6.88. The summed E-state index contributed by atoms with van der Waals surface area (Å²) in [5.74, 6) is -2.27. The number of carbonyl (C=O) groups is 2. The molecule has 0 aromatic heterocycles. The molecule has 2 atom stereocenters. The van der Waals surface area contributed by atoms with Crippen molar-refractivity contribution in [3.8, 4) is 0 Å². The van der Waals surface area contributed by atoms with Crippen LogP contribution >= 0.6 is 15.9 Å². The van der Waals surface area contributed by atoms with E-state index in [1.807, 2.05) is 38.1 Å². The Labute approximate surface area is 174 Å². The Morgan fingerprint density at radius 1 is 1.11 bits per heavy atom. The van der Waals surface area contributed by atoms with Gasteiger partial charge in [0, 0.05) is 18.0 Å². The number of methoxy groups -OCH3 is 1. The minimum absolute atomic E-state index is 0.253. The van der Waals surface area contributed by atoms with Gasteiger partial charge >= 0.3 is 11.9 Å². The van der Waals surface area contributed by atoms with Crippen LogP contribution in [0.2, 0.25) is 0 Å². The van der Waals surface area contributed by atoms with Crippen LogP contribution in [0.1, 0.15) is 39.5 Å². The van der Waals surface area contributed by atoms with Gasteiger partial charge in [-0.15, -0.1) is 0 Å².